The summed E-state index contributed by atoms with van der Waals surface area (Å²) in [6.07, 6.45) is 2.82. The van der Waals surface area contributed by atoms with E-state index in [0.717, 1.165) is 30.3 Å². The molecule has 1 aliphatic rings. The highest BCUT2D eigenvalue weighted by Gasteiger charge is 2.23. The van der Waals surface area contributed by atoms with Gasteiger partial charge in [0.1, 0.15) is 5.75 Å². The molecular formula is C15H19BrClNO3. The number of benzene rings is 1. The standard InChI is InChI=1S/C15H19BrClNO3/c16-13-8-12(17)3-4-14(13)21-10-15(20)18-6-1-2-11(9-18)5-7-19/h3-4,8,11,19H,1-2,5-7,9-10H2. The molecule has 0 bridgehead atoms. The van der Waals surface area contributed by atoms with Gasteiger partial charge in [0.25, 0.3) is 5.91 Å². The molecule has 0 spiro atoms. The Kier molecular flexibility index (Phi) is 6.33. The smallest absolute Gasteiger partial charge is 0.260 e. The van der Waals surface area contributed by atoms with Crippen LogP contribution in [0.2, 0.25) is 5.02 Å². The van der Waals surface area contributed by atoms with Crippen LogP contribution in [-0.2, 0) is 4.79 Å². The first-order valence-corrected chi connectivity index (χ1v) is 8.23. The molecule has 0 saturated carbocycles. The quantitative estimate of drug-likeness (QED) is 0.859. The van der Waals surface area contributed by atoms with Crippen LogP contribution >= 0.6 is 27.5 Å². The van der Waals surface area contributed by atoms with Gasteiger partial charge in [0, 0.05) is 24.7 Å². The highest BCUT2D eigenvalue weighted by atomic mass is 79.9. The predicted octanol–water partition coefficient (Wildman–Crippen LogP) is 3.10. The number of rotatable bonds is 5. The summed E-state index contributed by atoms with van der Waals surface area (Å²) in [7, 11) is 0. The average molecular weight is 377 g/mol. The lowest BCUT2D eigenvalue weighted by molar-refractivity contribution is -0.135. The van der Waals surface area contributed by atoms with Gasteiger partial charge in [-0.2, -0.15) is 0 Å². The third kappa shape index (κ3) is 4.87. The summed E-state index contributed by atoms with van der Waals surface area (Å²) < 4.78 is 6.29. The van der Waals surface area contributed by atoms with Crippen molar-refractivity contribution < 1.29 is 14.6 Å². The topological polar surface area (TPSA) is 49.8 Å². The summed E-state index contributed by atoms with van der Waals surface area (Å²) in [6, 6.07) is 5.20. The Balaban J connectivity index is 1.86. The van der Waals surface area contributed by atoms with Gasteiger partial charge in [-0.15, -0.1) is 0 Å². The van der Waals surface area contributed by atoms with Gasteiger partial charge >= 0.3 is 0 Å². The molecule has 6 heteroatoms. The van der Waals surface area contributed by atoms with Crippen LogP contribution in [0.25, 0.3) is 0 Å². The maximum absolute atomic E-state index is 12.2. The van der Waals surface area contributed by atoms with E-state index < -0.39 is 0 Å². The second-order valence-corrected chi connectivity index (χ2v) is 6.51. The number of aliphatic hydroxyl groups is 1. The maximum atomic E-state index is 12.2. The van der Waals surface area contributed by atoms with Crippen molar-refractivity contribution in [3.8, 4) is 5.75 Å². The second-order valence-electron chi connectivity index (χ2n) is 5.22. The third-order valence-electron chi connectivity index (χ3n) is 3.65. The maximum Gasteiger partial charge on any atom is 0.260 e. The molecule has 2 rings (SSSR count). The van der Waals surface area contributed by atoms with Crippen molar-refractivity contribution in [2.24, 2.45) is 5.92 Å². The zero-order valence-corrected chi connectivity index (χ0v) is 14.1. The fraction of sp³-hybridized carbons (Fsp3) is 0.533. The number of hydrogen-bond acceptors (Lipinski definition) is 3. The van der Waals surface area contributed by atoms with Gasteiger partial charge in [-0.25, -0.2) is 0 Å². The molecule has 1 amide bonds. The van der Waals surface area contributed by atoms with Gasteiger partial charge in [0.05, 0.1) is 4.47 Å². The number of halogens is 2. The number of piperidine rings is 1. The molecular weight excluding hydrogens is 358 g/mol. The monoisotopic (exact) mass is 375 g/mol. The lowest BCUT2D eigenvalue weighted by Crippen LogP contribution is -2.42. The van der Waals surface area contributed by atoms with Crippen LogP contribution < -0.4 is 4.74 Å². The zero-order chi connectivity index (χ0) is 15.2. The largest absolute Gasteiger partial charge is 0.483 e. The number of hydrogen-bond donors (Lipinski definition) is 1. The first-order chi connectivity index (χ1) is 10.1. The van der Waals surface area contributed by atoms with Crippen LogP contribution in [0.1, 0.15) is 19.3 Å². The highest BCUT2D eigenvalue weighted by Crippen LogP contribution is 2.28. The Morgan fingerprint density at radius 2 is 2.33 bits per heavy atom. The molecule has 0 radical (unpaired) electrons. The van der Waals surface area contributed by atoms with Crippen molar-refractivity contribution in [3.05, 3.63) is 27.7 Å². The van der Waals surface area contributed by atoms with Gasteiger partial charge in [-0.3, -0.25) is 4.79 Å². The fourth-order valence-electron chi connectivity index (χ4n) is 2.53. The Morgan fingerprint density at radius 3 is 3.05 bits per heavy atom. The number of aliphatic hydroxyl groups excluding tert-OH is 1. The number of carbonyl (C=O) groups is 1. The first kappa shape index (κ1) is 16.6. The molecule has 1 unspecified atom stereocenters. The number of ether oxygens (including phenoxy) is 1. The summed E-state index contributed by atoms with van der Waals surface area (Å²) in [5.74, 6) is 0.992. The minimum Gasteiger partial charge on any atom is -0.483 e. The van der Waals surface area contributed by atoms with Crippen molar-refractivity contribution in [1.82, 2.24) is 4.90 Å². The van der Waals surface area contributed by atoms with E-state index in [9.17, 15) is 4.79 Å². The van der Waals surface area contributed by atoms with Crippen molar-refractivity contribution in [3.63, 3.8) is 0 Å². The summed E-state index contributed by atoms with van der Waals surface area (Å²) in [5, 5.41) is 9.62. The summed E-state index contributed by atoms with van der Waals surface area (Å²) in [5.41, 5.74) is 0. The summed E-state index contributed by atoms with van der Waals surface area (Å²) in [4.78, 5) is 14.0. The van der Waals surface area contributed by atoms with E-state index in [4.69, 9.17) is 21.4 Å². The molecule has 1 N–H and O–H groups in total. The van der Waals surface area contributed by atoms with E-state index in [2.05, 4.69) is 15.9 Å². The Morgan fingerprint density at radius 1 is 1.52 bits per heavy atom. The van der Waals surface area contributed by atoms with Gasteiger partial charge < -0.3 is 14.7 Å². The van der Waals surface area contributed by atoms with E-state index in [-0.39, 0.29) is 19.1 Å². The Bertz CT molecular complexity index is 496. The van der Waals surface area contributed by atoms with Crippen molar-refractivity contribution >= 4 is 33.4 Å². The average Bonchev–Trinajstić information content (AvgIpc) is 2.47. The van der Waals surface area contributed by atoms with Gasteiger partial charge in [0.2, 0.25) is 0 Å². The van der Waals surface area contributed by atoms with Crippen LogP contribution in [0.15, 0.2) is 22.7 Å². The van der Waals surface area contributed by atoms with Crippen molar-refractivity contribution in [2.75, 3.05) is 26.3 Å². The normalized spacial score (nSPS) is 18.6. The molecule has 1 fully saturated rings. The van der Waals surface area contributed by atoms with E-state index in [1.807, 2.05) is 4.90 Å². The van der Waals surface area contributed by atoms with E-state index in [1.54, 1.807) is 18.2 Å². The zero-order valence-electron chi connectivity index (χ0n) is 11.7. The molecule has 1 saturated heterocycles. The molecule has 4 nitrogen and oxygen atoms in total. The predicted molar refractivity (Wildman–Crippen MR) is 85.7 cm³/mol. The van der Waals surface area contributed by atoms with Crippen LogP contribution in [0, 0.1) is 5.92 Å². The van der Waals surface area contributed by atoms with Crippen molar-refractivity contribution in [1.29, 1.82) is 0 Å². The van der Waals surface area contributed by atoms with Crippen LogP contribution in [-0.4, -0.2) is 42.2 Å². The fourth-order valence-corrected chi connectivity index (χ4v) is 3.33. The molecule has 1 aromatic carbocycles. The molecule has 116 valence electrons. The van der Waals surface area contributed by atoms with E-state index in [1.165, 1.54) is 0 Å². The molecule has 0 aromatic heterocycles. The first-order valence-electron chi connectivity index (χ1n) is 7.06. The lowest BCUT2D eigenvalue weighted by atomic mass is 9.95. The SMILES string of the molecule is O=C(COc1ccc(Cl)cc1Br)N1CCCC(CCO)C1. The van der Waals surface area contributed by atoms with Crippen molar-refractivity contribution in [2.45, 2.75) is 19.3 Å². The molecule has 1 aromatic rings. The van der Waals surface area contributed by atoms with Crippen LogP contribution in [0.3, 0.4) is 0 Å². The lowest BCUT2D eigenvalue weighted by Gasteiger charge is -2.32. The number of amides is 1. The number of carbonyl (C=O) groups excluding carboxylic acids is 1. The van der Waals surface area contributed by atoms with Crippen LogP contribution in [0.5, 0.6) is 5.75 Å². The second kappa shape index (κ2) is 8.01. The van der Waals surface area contributed by atoms with Gasteiger partial charge in [0.15, 0.2) is 6.61 Å². The van der Waals surface area contributed by atoms with Gasteiger partial charge in [-0.05, 0) is 59.3 Å². The molecule has 21 heavy (non-hydrogen) atoms. The molecule has 1 atom stereocenters. The Hall–Kier alpha value is -0.780. The summed E-state index contributed by atoms with van der Waals surface area (Å²) in [6.45, 7) is 1.68. The molecule has 0 aliphatic carbocycles. The number of nitrogens with zero attached hydrogens (tertiary/aromatic N) is 1. The summed E-state index contributed by atoms with van der Waals surface area (Å²) >= 11 is 9.23. The van der Waals surface area contributed by atoms with Gasteiger partial charge in [-0.1, -0.05) is 11.6 Å². The molecule has 1 heterocycles. The van der Waals surface area contributed by atoms with Crippen LogP contribution in [0.4, 0.5) is 0 Å². The Labute approximate surface area is 138 Å². The highest BCUT2D eigenvalue weighted by molar-refractivity contribution is 9.10. The minimum absolute atomic E-state index is 0.0144. The minimum atomic E-state index is -0.0144. The third-order valence-corrected chi connectivity index (χ3v) is 4.51. The van der Waals surface area contributed by atoms with E-state index >= 15 is 0 Å². The van der Waals surface area contributed by atoms with E-state index in [0.29, 0.717) is 23.2 Å². The molecule has 1 aliphatic heterocycles. The number of likely N-dealkylation sites (tertiary alicyclic amines) is 1.